The zero-order valence-electron chi connectivity index (χ0n) is 14.3. The summed E-state index contributed by atoms with van der Waals surface area (Å²) in [6.45, 7) is 3.67. The first-order valence-electron chi connectivity index (χ1n) is 7.96. The standard InChI is InChI=1S/C18H17N3O5/c1-3-25-18(24)13-10(2)26-16-14(13)17(23)21(9-20-16)8-11-4-6-12(7-5-11)15(19)22/h4-7,9H,3,8H2,1-2H3,(H2,19,22). The topological polar surface area (TPSA) is 117 Å². The largest absolute Gasteiger partial charge is 0.462 e. The molecule has 0 saturated carbocycles. The van der Waals surface area contributed by atoms with Gasteiger partial charge in [-0.15, -0.1) is 0 Å². The number of primary amides is 1. The monoisotopic (exact) mass is 355 g/mol. The van der Waals surface area contributed by atoms with Gasteiger partial charge in [-0.2, -0.15) is 0 Å². The molecule has 0 atom stereocenters. The second-order valence-electron chi connectivity index (χ2n) is 5.67. The van der Waals surface area contributed by atoms with E-state index in [4.69, 9.17) is 14.9 Å². The van der Waals surface area contributed by atoms with Gasteiger partial charge in [0.2, 0.25) is 11.6 Å². The van der Waals surface area contributed by atoms with Crippen LogP contribution in [0.3, 0.4) is 0 Å². The molecule has 3 rings (SSSR count). The third kappa shape index (κ3) is 3.08. The molecule has 0 aliphatic carbocycles. The summed E-state index contributed by atoms with van der Waals surface area (Å²) >= 11 is 0. The highest BCUT2D eigenvalue weighted by molar-refractivity contribution is 6.03. The van der Waals surface area contributed by atoms with Gasteiger partial charge >= 0.3 is 5.97 Å². The van der Waals surface area contributed by atoms with E-state index in [-0.39, 0.29) is 35.6 Å². The van der Waals surface area contributed by atoms with Crippen LogP contribution >= 0.6 is 0 Å². The van der Waals surface area contributed by atoms with E-state index in [0.717, 1.165) is 5.56 Å². The zero-order valence-corrected chi connectivity index (χ0v) is 14.3. The van der Waals surface area contributed by atoms with E-state index in [9.17, 15) is 14.4 Å². The summed E-state index contributed by atoms with van der Waals surface area (Å²) in [6.07, 6.45) is 1.35. The van der Waals surface area contributed by atoms with E-state index in [0.29, 0.717) is 5.56 Å². The quantitative estimate of drug-likeness (QED) is 0.695. The first kappa shape index (κ1) is 17.4. The number of aromatic nitrogens is 2. The van der Waals surface area contributed by atoms with Gasteiger partial charge in [0.15, 0.2) is 0 Å². The summed E-state index contributed by atoms with van der Waals surface area (Å²) in [5.41, 5.74) is 6.15. The number of amides is 1. The number of carbonyl (C=O) groups is 2. The molecule has 8 heteroatoms. The number of fused-ring (bicyclic) bond motifs is 1. The number of aryl methyl sites for hydroxylation is 1. The average molecular weight is 355 g/mol. The normalized spacial score (nSPS) is 10.8. The SMILES string of the molecule is CCOC(=O)c1c(C)oc2ncn(Cc3ccc(C(N)=O)cc3)c(=O)c12. The Bertz CT molecular complexity index is 1050. The lowest BCUT2D eigenvalue weighted by molar-refractivity contribution is 0.0526. The molecule has 0 aliphatic rings. The summed E-state index contributed by atoms with van der Waals surface area (Å²) in [5, 5.41) is 0.0946. The van der Waals surface area contributed by atoms with Gasteiger partial charge in [-0.25, -0.2) is 9.78 Å². The second-order valence-corrected chi connectivity index (χ2v) is 5.67. The molecule has 0 aliphatic heterocycles. The number of nitrogens with zero attached hydrogens (tertiary/aromatic N) is 2. The fourth-order valence-electron chi connectivity index (χ4n) is 2.67. The minimum Gasteiger partial charge on any atom is -0.462 e. The van der Waals surface area contributed by atoms with Crippen molar-refractivity contribution in [2.24, 2.45) is 5.73 Å². The molecule has 8 nitrogen and oxygen atoms in total. The Labute approximate surface area is 148 Å². The molecule has 0 unspecified atom stereocenters. The summed E-state index contributed by atoms with van der Waals surface area (Å²) in [7, 11) is 0. The Morgan fingerprint density at radius 3 is 2.58 bits per heavy atom. The maximum atomic E-state index is 12.8. The molecule has 3 aromatic rings. The Balaban J connectivity index is 2.03. The number of rotatable bonds is 5. The van der Waals surface area contributed by atoms with Crippen LogP contribution in [0.15, 0.2) is 39.8 Å². The lowest BCUT2D eigenvalue weighted by atomic mass is 10.1. The van der Waals surface area contributed by atoms with Gasteiger partial charge in [0.05, 0.1) is 13.2 Å². The van der Waals surface area contributed by atoms with Crippen LogP contribution in [0.1, 0.15) is 39.0 Å². The van der Waals surface area contributed by atoms with Gasteiger partial charge in [-0.3, -0.25) is 14.2 Å². The summed E-state index contributed by atoms with van der Waals surface area (Å²) in [5.74, 6) is -0.859. The third-order valence-corrected chi connectivity index (χ3v) is 3.93. The van der Waals surface area contributed by atoms with Crippen molar-refractivity contribution in [3.8, 4) is 0 Å². The van der Waals surface area contributed by atoms with Gasteiger partial charge in [-0.05, 0) is 31.5 Å². The average Bonchev–Trinajstić information content (AvgIpc) is 2.95. The predicted octanol–water partition coefficient (Wildman–Crippen LogP) is 1.62. The van der Waals surface area contributed by atoms with E-state index in [2.05, 4.69) is 4.98 Å². The number of hydrogen-bond donors (Lipinski definition) is 1. The van der Waals surface area contributed by atoms with Crippen molar-refractivity contribution >= 4 is 23.0 Å². The van der Waals surface area contributed by atoms with E-state index in [1.54, 1.807) is 38.1 Å². The van der Waals surface area contributed by atoms with Crippen LogP contribution in [-0.4, -0.2) is 28.0 Å². The molecule has 1 aromatic carbocycles. The lowest BCUT2D eigenvalue weighted by Crippen LogP contribution is -2.22. The van der Waals surface area contributed by atoms with Gasteiger partial charge in [0, 0.05) is 5.56 Å². The third-order valence-electron chi connectivity index (χ3n) is 3.93. The highest BCUT2D eigenvalue weighted by Crippen LogP contribution is 2.21. The van der Waals surface area contributed by atoms with Gasteiger partial charge in [-0.1, -0.05) is 12.1 Å². The van der Waals surface area contributed by atoms with E-state index in [1.165, 1.54) is 10.9 Å². The molecular weight excluding hydrogens is 338 g/mol. The number of furan rings is 1. The van der Waals surface area contributed by atoms with Crippen molar-refractivity contribution in [3.63, 3.8) is 0 Å². The molecule has 0 fully saturated rings. The smallest absolute Gasteiger partial charge is 0.342 e. The number of ether oxygens (including phenoxy) is 1. The first-order valence-corrected chi connectivity index (χ1v) is 7.96. The Kier molecular flexibility index (Phi) is 4.57. The molecule has 2 N–H and O–H groups in total. The van der Waals surface area contributed by atoms with Crippen molar-refractivity contribution < 1.29 is 18.7 Å². The van der Waals surface area contributed by atoms with Crippen molar-refractivity contribution in [2.75, 3.05) is 6.61 Å². The van der Waals surface area contributed by atoms with E-state index < -0.39 is 17.4 Å². The molecule has 0 radical (unpaired) electrons. The number of nitrogens with two attached hydrogens (primary N) is 1. The van der Waals surface area contributed by atoms with Crippen molar-refractivity contribution in [1.29, 1.82) is 0 Å². The van der Waals surface area contributed by atoms with Crippen LogP contribution in [-0.2, 0) is 11.3 Å². The molecule has 1 amide bonds. The Hall–Kier alpha value is -3.42. The molecule has 0 saturated heterocycles. The zero-order chi connectivity index (χ0) is 18.8. The van der Waals surface area contributed by atoms with Crippen molar-refractivity contribution in [1.82, 2.24) is 9.55 Å². The molecule has 2 heterocycles. The first-order chi connectivity index (χ1) is 12.4. The molecule has 134 valence electrons. The summed E-state index contributed by atoms with van der Waals surface area (Å²) in [6, 6.07) is 6.56. The van der Waals surface area contributed by atoms with Gasteiger partial charge in [0.1, 0.15) is 23.0 Å². The number of benzene rings is 1. The van der Waals surface area contributed by atoms with E-state index >= 15 is 0 Å². The molecule has 26 heavy (non-hydrogen) atoms. The minimum absolute atomic E-state index is 0.0934. The molecular formula is C18H17N3O5. The molecule has 0 spiro atoms. The number of hydrogen-bond acceptors (Lipinski definition) is 6. The minimum atomic E-state index is -0.619. The summed E-state index contributed by atoms with van der Waals surface area (Å²) < 4.78 is 11.8. The second kappa shape index (κ2) is 6.83. The van der Waals surface area contributed by atoms with Gasteiger partial charge in [0.25, 0.3) is 5.56 Å². The van der Waals surface area contributed by atoms with E-state index in [1.807, 2.05) is 0 Å². The maximum Gasteiger partial charge on any atom is 0.342 e. The van der Waals surface area contributed by atoms with Gasteiger partial charge < -0.3 is 14.9 Å². The van der Waals surface area contributed by atoms with Crippen LogP contribution in [0.4, 0.5) is 0 Å². The Morgan fingerprint density at radius 1 is 1.27 bits per heavy atom. The number of esters is 1. The summed E-state index contributed by atoms with van der Waals surface area (Å²) in [4.78, 5) is 40.2. The fraction of sp³-hybridized carbons (Fsp3) is 0.222. The van der Waals surface area contributed by atoms with Crippen LogP contribution in [0, 0.1) is 6.92 Å². The predicted molar refractivity (Wildman–Crippen MR) is 93.0 cm³/mol. The highest BCUT2D eigenvalue weighted by atomic mass is 16.5. The Morgan fingerprint density at radius 2 is 1.96 bits per heavy atom. The fourth-order valence-corrected chi connectivity index (χ4v) is 2.67. The highest BCUT2D eigenvalue weighted by Gasteiger charge is 2.23. The van der Waals surface area contributed by atoms with Crippen LogP contribution < -0.4 is 11.3 Å². The molecule has 2 aromatic heterocycles. The van der Waals surface area contributed by atoms with Crippen LogP contribution in [0.25, 0.3) is 11.1 Å². The lowest BCUT2D eigenvalue weighted by Gasteiger charge is -2.06. The van der Waals surface area contributed by atoms with Crippen molar-refractivity contribution in [2.45, 2.75) is 20.4 Å². The number of carbonyl (C=O) groups excluding carboxylic acids is 2. The van der Waals surface area contributed by atoms with Crippen LogP contribution in [0.5, 0.6) is 0 Å². The maximum absolute atomic E-state index is 12.8. The van der Waals surface area contributed by atoms with Crippen molar-refractivity contribution in [3.05, 3.63) is 63.4 Å². The molecule has 0 bridgehead atoms. The van der Waals surface area contributed by atoms with Crippen LogP contribution in [0.2, 0.25) is 0 Å².